The lowest BCUT2D eigenvalue weighted by molar-refractivity contribution is -0.183. The molecule has 0 aliphatic carbocycles. The van der Waals surface area contributed by atoms with Gasteiger partial charge in [0.1, 0.15) is 0 Å². The Morgan fingerprint density at radius 1 is 0.558 bits per heavy atom. The summed E-state index contributed by atoms with van der Waals surface area (Å²) >= 11 is 6.26. The van der Waals surface area contributed by atoms with Crippen LogP contribution in [0, 0.1) is 0 Å². The fourth-order valence-electron chi connectivity index (χ4n) is 5.39. The zero-order valence-electron chi connectivity index (χ0n) is 30.3. The fourth-order valence-corrected chi connectivity index (χ4v) is 8.86. The number of thioether (sulfide) groups is 2. The predicted octanol–water partition coefficient (Wildman–Crippen LogP) is 9.14. The van der Waals surface area contributed by atoms with E-state index in [9.17, 15) is 19.2 Å². The molecule has 2 atom stereocenters. The number of carbonyl (C=O) groups is 4. The van der Waals surface area contributed by atoms with E-state index >= 15 is 0 Å². The Kier molecular flexibility index (Phi) is 17.6. The Hall–Kier alpha value is -3.26. The maximum atomic E-state index is 12.9. The number of hydrogen-bond acceptors (Lipinski definition) is 12. The van der Waals surface area contributed by atoms with Gasteiger partial charge in [-0.1, -0.05) is 49.2 Å². The summed E-state index contributed by atoms with van der Waals surface area (Å²) in [4.78, 5) is 58.4. The second-order valence-corrected chi connectivity index (χ2v) is 16.8. The molecular weight excluding hydrogens is 733 g/mol. The smallest absolute Gasteiger partial charge is 0.419 e. The number of benzene rings is 2. The molecule has 0 amide bonds. The largest absolute Gasteiger partial charge is 0.438 e. The third-order valence-electron chi connectivity index (χ3n) is 8.26. The van der Waals surface area contributed by atoms with Crippen LogP contribution < -0.4 is 0 Å². The van der Waals surface area contributed by atoms with Gasteiger partial charge in [-0.3, -0.25) is 19.4 Å². The second kappa shape index (κ2) is 22.1. The topological polar surface area (TPSA) is 93.2 Å². The molecule has 0 saturated carbocycles. The van der Waals surface area contributed by atoms with Gasteiger partial charge in [0, 0.05) is 20.9 Å². The third-order valence-corrected chi connectivity index (χ3v) is 12.3. The van der Waals surface area contributed by atoms with Gasteiger partial charge in [0.25, 0.3) is 0 Å². The van der Waals surface area contributed by atoms with E-state index in [-0.39, 0.29) is 11.6 Å². The summed E-state index contributed by atoms with van der Waals surface area (Å²) in [5.41, 5.74) is 1.46. The van der Waals surface area contributed by atoms with Crippen LogP contribution in [0.1, 0.15) is 81.8 Å². The van der Waals surface area contributed by atoms with Gasteiger partial charge in [-0.2, -0.15) is 0 Å². The fraction of sp³-hybridized carbons (Fsp3) is 0.400. The lowest BCUT2D eigenvalue weighted by Gasteiger charge is -2.26. The van der Waals surface area contributed by atoms with Gasteiger partial charge >= 0.3 is 11.9 Å². The van der Waals surface area contributed by atoms with Crippen LogP contribution in [-0.4, -0.2) is 85.5 Å². The second-order valence-electron chi connectivity index (χ2n) is 12.6. The Labute approximate surface area is 324 Å². The minimum Gasteiger partial charge on any atom is -0.438 e. The van der Waals surface area contributed by atoms with Crippen LogP contribution in [0.25, 0.3) is 0 Å². The zero-order valence-corrected chi connectivity index (χ0v) is 33.6. The van der Waals surface area contributed by atoms with Crippen LogP contribution >= 0.6 is 46.2 Å². The molecule has 0 saturated heterocycles. The molecule has 52 heavy (non-hydrogen) atoms. The van der Waals surface area contributed by atoms with Crippen molar-refractivity contribution in [2.24, 2.45) is 0 Å². The van der Waals surface area contributed by atoms with Crippen molar-refractivity contribution < 1.29 is 28.7 Å². The normalized spacial score (nSPS) is 12.5. The van der Waals surface area contributed by atoms with E-state index < -0.39 is 24.4 Å². The molecule has 0 radical (unpaired) electrons. The molecule has 2 aromatic carbocycles. The van der Waals surface area contributed by atoms with Crippen molar-refractivity contribution >= 4 is 69.7 Å². The van der Waals surface area contributed by atoms with E-state index in [4.69, 9.17) is 9.47 Å². The first kappa shape index (κ1) is 41.5. The average molecular weight is 781 g/mol. The Balaban J connectivity index is 1.13. The molecule has 278 valence electrons. The molecule has 8 nitrogen and oxygen atoms in total. The summed E-state index contributed by atoms with van der Waals surface area (Å²) in [7, 11) is 7.28. The molecule has 0 aliphatic rings. The molecule has 0 N–H and O–H groups in total. The first-order valence-corrected chi connectivity index (χ1v) is 21.2. The monoisotopic (exact) mass is 780 g/mol. The van der Waals surface area contributed by atoms with Crippen LogP contribution in [0.2, 0.25) is 0 Å². The van der Waals surface area contributed by atoms with Gasteiger partial charge < -0.3 is 9.47 Å². The van der Waals surface area contributed by atoms with Gasteiger partial charge in [0.15, 0.2) is 12.5 Å². The Morgan fingerprint density at radius 2 is 0.962 bits per heavy atom. The van der Waals surface area contributed by atoms with Crippen molar-refractivity contribution in [3.63, 3.8) is 0 Å². The number of thiophene rings is 2. The lowest BCUT2D eigenvalue weighted by atomic mass is 10.1. The Bertz CT molecular complexity index is 1580. The van der Waals surface area contributed by atoms with Gasteiger partial charge in [0.05, 0.1) is 9.75 Å². The molecule has 4 aromatic rings. The molecular formula is C40H48N2O6S4. The summed E-state index contributed by atoms with van der Waals surface area (Å²) in [6.45, 7) is 0. The molecule has 0 spiro atoms. The maximum Gasteiger partial charge on any atom is 0.419 e. The average Bonchev–Trinajstić information content (AvgIpc) is 3.89. The first-order valence-electron chi connectivity index (χ1n) is 17.5. The quantitative estimate of drug-likeness (QED) is 0.0192. The van der Waals surface area contributed by atoms with Gasteiger partial charge in [-0.15, -0.1) is 46.2 Å². The maximum absolute atomic E-state index is 12.9. The first-order chi connectivity index (χ1) is 25.2. The van der Waals surface area contributed by atoms with Crippen molar-refractivity contribution in [3.05, 3.63) is 104 Å². The van der Waals surface area contributed by atoms with Crippen molar-refractivity contribution in [1.82, 2.24) is 9.80 Å². The van der Waals surface area contributed by atoms with Gasteiger partial charge in [0.2, 0.25) is 11.6 Å². The van der Waals surface area contributed by atoms with Crippen molar-refractivity contribution in [2.75, 3.05) is 39.7 Å². The van der Waals surface area contributed by atoms with E-state index in [2.05, 4.69) is 0 Å². The van der Waals surface area contributed by atoms with E-state index in [0.717, 1.165) is 80.7 Å². The van der Waals surface area contributed by atoms with E-state index in [1.807, 2.05) is 112 Å². The number of ether oxygens (including phenoxy) is 2. The molecule has 2 unspecified atom stereocenters. The van der Waals surface area contributed by atoms with Crippen LogP contribution in [-0.2, 0) is 19.1 Å². The SMILES string of the molecule is CN(C)C(CCCCCSc1ccccc1C(=O)c1cccs1)OC(=O)C(=O)OC(CCCCCSc1ccccc1C(=O)c1cccs1)N(C)C. The predicted molar refractivity (Wildman–Crippen MR) is 214 cm³/mol. The molecule has 2 heterocycles. The van der Waals surface area contributed by atoms with Gasteiger partial charge in [-0.05, 0) is 125 Å². The lowest BCUT2D eigenvalue weighted by Crippen LogP contribution is -2.39. The van der Waals surface area contributed by atoms with E-state index in [0.29, 0.717) is 12.8 Å². The summed E-state index contributed by atoms with van der Waals surface area (Å²) in [6.07, 6.45) is 5.44. The number of esters is 2. The van der Waals surface area contributed by atoms with Crippen molar-refractivity contribution in [2.45, 2.75) is 73.6 Å². The van der Waals surface area contributed by atoms with Crippen molar-refractivity contribution in [3.8, 4) is 0 Å². The third kappa shape index (κ3) is 13.0. The molecule has 12 heteroatoms. The molecule has 0 aliphatic heterocycles. The van der Waals surface area contributed by atoms with E-state index in [1.165, 1.54) is 22.7 Å². The summed E-state index contributed by atoms with van der Waals surface area (Å²) in [5, 5.41) is 3.83. The summed E-state index contributed by atoms with van der Waals surface area (Å²) < 4.78 is 11.2. The van der Waals surface area contributed by atoms with Gasteiger partial charge in [-0.25, -0.2) is 9.59 Å². The van der Waals surface area contributed by atoms with Crippen LogP contribution in [0.3, 0.4) is 0 Å². The number of nitrogens with zero attached hydrogens (tertiary/aromatic N) is 2. The number of hydrogen-bond donors (Lipinski definition) is 0. The van der Waals surface area contributed by atoms with Crippen LogP contribution in [0.4, 0.5) is 0 Å². The van der Waals surface area contributed by atoms with Crippen LogP contribution in [0.15, 0.2) is 93.3 Å². The zero-order chi connectivity index (χ0) is 37.3. The number of carbonyl (C=O) groups excluding carboxylic acids is 4. The highest BCUT2D eigenvalue weighted by Crippen LogP contribution is 2.29. The number of rotatable bonds is 22. The summed E-state index contributed by atoms with van der Waals surface area (Å²) in [6, 6.07) is 22.9. The summed E-state index contributed by atoms with van der Waals surface area (Å²) in [5.74, 6) is -0.137. The molecule has 4 rings (SSSR count). The standard InChI is InChI=1S/C40H48N2O6S4/c1-41(2)35(23-7-5-13-25-49-31-19-11-9-17-29(31)37(43)33-21-15-27-51-33)47-39(45)40(46)48-36(42(3)4)24-8-6-14-26-50-32-20-12-10-18-30(32)38(44)34-22-16-28-52-34/h9-12,15-22,27-28,35-36H,5-8,13-14,23-26H2,1-4H3. The molecule has 2 aromatic heterocycles. The highest BCUT2D eigenvalue weighted by Gasteiger charge is 2.27. The highest BCUT2D eigenvalue weighted by molar-refractivity contribution is 7.99. The minimum atomic E-state index is -0.986. The highest BCUT2D eigenvalue weighted by atomic mass is 32.2. The number of unbranched alkanes of at least 4 members (excludes halogenated alkanes) is 4. The van der Waals surface area contributed by atoms with Crippen LogP contribution in [0.5, 0.6) is 0 Å². The molecule has 0 bridgehead atoms. The Morgan fingerprint density at radius 3 is 1.33 bits per heavy atom. The minimum absolute atomic E-state index is 0.0533. The molecule has 0 fully saturated rings. The van der Waals surface area contributed by atoms with Crippen molar-refractivity contribution in [1.29, 1.82) is 0 Å². The van der Waals surface area contributed by atoms with E-state index in [1.54, 1.807) is 33.3 Å². The number of ketones is 2.